The molecule has 0 saturated carbocycles. The maximum absolute atomic E-state index is 10.8. The molecule has 110 valence electrons. The first-order valence-electron chi connectivity index (χ1n) is 6.30. The van der Waals surface area contributed by atoms with Gasteiger partial charge in [0.2, 0.25) is 0 Å². The van der Waals surface area contributed by atoms with Crippen LogP contribution in [0.3, 0.4) is 0 Å². The molecular formula is C16H16O5. The average Bonchev–Trinajstić information content (AvgIpc) is 2.52. The topological polar surface area (TPSA) is 65.0 Å². The second-order valence-corrected chi connectivity index (χ2v) is 4.34. The Hall–Kier alpha value is -2.69. The minimum atomic E-state index is -0.959. The third-order valence-electron chi connectivity index (χ3n) is 2.92. The summed E-state index contributed by atoms with van der Waals surface area (Å²) >= 11 is 0. The first kappa shape index (κ1) is 14.7. The van der Waals surface area contributed by atoms with Gasteiger partial charge in [0, 0.05) is 6.07 Å². The van der Waals surface area contributed by atoms with Crippen LogP contribution in [0.15, 0.2) is 42.5 Å². The number of hydrogen-bond donors (Lipinski definition) is 1. The Morgan fingerprint density at radius 3 is 2.00 bits per heavy atom. The molecular weight excluding hydrogens is 272 g/mol. The van der Waals surface area contributed by atoms with Crippen LogP contribution in [0.2, 0.25) is 0 Å². The van der Waals surface area contributed by atoms with Crippen LogP contribution in [0.25, 0.3) is 0 Å². The van der Waals surface area contributed by atoms with Crippen molar-refractivity contribution in [3.05, 3.63) is 53.6 Å². The van der Waals surface area contributed by atoms with E-state index in [0.29, 0.717) is 23.9 Å². The van der Waals surface area contributed by atoms with Crippen LogP contribution >= 0.6 is 0 Å². The van der Waals surface area contributed by atoms with Crippen molar-refractivity contribution in [1.29, 1.82) is 0 Å². The Labute approximate surface area is 122 Å². The molecule has 0 aromatic heterocycles. The van der Waals surface area contributed by atoms with Gasteiger partial charge in [-0.15, -0.1) is 0 Å². The van der Waals surface area contributed by atoms with Gasteiger partial charge in [-0.1, -0.05) is 0 Å². The molecule has 0 unspecified atom stereocenters. The molecule has 0 heterocycles. The second kappa shape index (κ2) is 6.65. The Morgan fingerprint density at radius 1 is 0.952 bits per heavy atom. The molecule has 2 rings (SSSR count). The Balaban J connectivity index is 2.06. The summed E-state index contributed by atoms with van der Waals surface area (Å²) in [6, 6.07) is 11.8. The standard InChI is InChI=1S/C16H16O5/c1-19-14-7-11(8-15(9-14)20-2)10-21-13-5-3-12(4-6-13)16(17)18/h3-9H,10H2,1-2H3,(H,17,18). The van der Waals surface area contributed by atoms with E-state index in [4.69, 9.17) is 19.3 Å². The number of methoxy groups -OCH3 is 2. The predicted octanol–water partition coefficient (Wildman–Crippen LogP) is 2.98. The molecule has 5 nitrogen and oxygen atoms in total. The summed E-state index contributed by atoms with van der Waals surface area (Å²) in [4.78, 5) is 10.8. The van der Waals surface area contributed by atoms with Gasteiger partial charge >= 0.3 is 5.97 Å². The van der Waals surface area contributed by atoms with E-state index in [1.54, 1.807) is 32.4 Å². The van der Waals surface area contributed by atoms with Crippen molar-refractivity contribution in [1.82, 2.24) is 0 Å². The van der Waals surface area contributed by atoms with Crippen molar-refractivity contribution in [2.75, 3.05) is 14.2 Å². The summed E-state index contributed by atoms with van der Waals surface area (Å²) < 4.78 is 16.0. The Bertz CT molecular complexity index is 597. The largest absolute Gasteiger partial charge is 0.497 e. The zero-order valence-electron chi connectivity index (χ0n) is 11.8. The summed E-state index contributed by atoms with van der Waals surface area (Å²) in [5.41, 5.74) is 1.12. The number of carboxylic acid groups (broad SMARTS) is 1. The molecule has 1 N–H and O–H groups in total. The van der Waals surface area contributed by atoms with Crippen molar-refractivity contribution in [2.24, 2.45) is 0 Å². The number of hydrogen-bond acceptors (Lipinski definition) is 4. The van der Waals surface area contributed by atoms with Gasteiger partial charge in [0.15, 0.2) is 0 Å². The second-order valence-electron chi connectivity index (χ2n) is 4.34. The van der Waals surface area contributed by atoms with Gasteiger partial charge in [0.05, 0.1) is 19.8 Å². The lowest BCUT2D eigenvalue weighted by molar-refractivity contribution is 0.0697. The van der Waals surface area contributed by atoms with E-state index in [0.717, 1.165) is 5.56 Å². The quantitative estimate of drug-likeness (QED) is 0.885. The summed E-state index contributed by atoms with van der Waals surface area (Å²) in [5, 5.41) is 8.83. The molecule has 0 aliphatic heterocycles. The molecule has 2 aromatic carbocycles. The third kappa shape index (κ3) is 3.89. The van der Waals surface area contributed by atoms with Crippen molar-refractivity contribution < 1.29 is 24.1 Å². The summed E-state index contributed by atoms with van der Waals surface area (Å²) in [6.07, 6.45) is 0. The molecule has 0 atom stereocenters. The van der Waals surface area contributed by atoms with Crippen molar-refractivity contribution >= 4 is 5.97 Å². The number of carboxylic acids is 1. The minimum absolute atomic E-state index is 0.227. The fourth-order valence-corrected chi connectivity index (χ4v) is 1.81. The number of carbonyl (C=O) groups is 1. The number of rotatable bonds is 6. The molecule has 0 bridgehead atoms. The number of benzene rings is 2. The summed E-state index contributed by atoms with van der Waals surface area (Å²) in [6.45, 7) is 0.333. The lowest BCUT2D eigenvalue weighted by Gasteiger charge is -2.10. The SMILES string of the molecule is COc1cc(COc2ccc(C(=O)O)cc2)cc(OC)c1. The van der Waals surface area contributed by atoms with Crippen molar-refractivity contribution in [2.45, 2.75) is 6.61 Å². The zero-order chi connectivity index (χ0) is 15.2. The van der Waals surface area contributed by atoms with E-state index in [1.165, 1.54) is 12.1 Å². The first-order valence-corrected chi connectivity index (χ1v) is 6.30. The monoisotopic (exact) mass is 288 g/mol. The lowest BCUT2D eigenvalue weighted by Crippen LogP contribution is -1.99. The molecule has 2 aromatic rings. The van der Waals surface area contributed by atoms with Gasteiger partial charge < -0.3 is 19.3 Å². The molecule has 0 amide bonds. The highest BCUT2D eigenvalue weighted by Gasteiger charge is 2.05. The Morgan fingerprint density at radius 2 is 1.52 bits per heavy atom. The fourth-order valence-electron chi connectivity index (χ4n) is 1.81. The molecule has 0 fully saturated rings. The smallest absolute Gasteiger partial charge is 0.335 e. The molecule has 0 spiro atoms. The van der Waals surface area contributed by atoms with Gasteiger partial charge in [-0.05, 0) is 42.0 Å². The third-order valence-corrected chi connectivity index (χ3v) is 2.92. The van der Waals surface area contributed by atoms with Crippen LogP contribution in [0.4, 0.5) is 0 Å². The van der Waals surface area contributed by atoms with E-state index in [2.05, 4.69) is 0 Å². The lowest BCUT2D eigenvalue weighted by atomic mass is 10.2. The highest BCUT2D eigenvalue weighted by molar-refractivity contribution is 5.87. The van der Waals surface area contributed by atoms with Crippen LogP contribution in [0.5, 0.6) is 17.2 Å². The maximum Gasteiger partial charge on any atom is 0.335 e. The predicted molar refractivity (Wildman–Crippen MR) is 77.3 cm³/mol. The zero-order valence-corrected chi connectivity index (χ0v) is 11.8. The van der Waals surface area contributed by atoms with Gasteiger partial charge in [0.1, 0.15) is 23.9 Å². The number of ether oxygens (including phenoxy) is 3. The minimum Gasteiger partial charge on any atom is -0.497 e. The van der Waals surface area contributed by atoms with Crippen LogP contribution < -0.4 is 14.2 Å². The maximum atomic E-state index is 10.8. The first-order chi connectivity index (χ1) is 10.1. The van der Waals surface area contributed by atoms with E-state index >= 15 is 0 Å². The highest BCUT2D eigenvalue weighted by atomic mass is 16.5. The molecule has 0 radical (unpaired) electrons. The molecule has 5 heteroatoms. The van der Waals surface area contributed by atoms with Crippen LogP contribution in [0, 0.1) is 0 Å². The van der Waals surface area contributed by atoms with Crippen molar-refractivity contribution in [3.63, 3.8) is 0 Å². The fraction of sp³-hybridized carbons (Fsp3) is 0.188. The molecule has 21 heavy (non-hydrogen) atoms. The van der Waals surface area contributed by atoms with E-state index in [-0.39, 0.29) is 5.56 Å². The molecule has 0 aliphatic rings. The summed E-state index contributed by atoms with van der Waals surface area (Å²) in [7, 11) is 3.17. The van der Waals surface area contributed by atoms with E-state index in [1.807, 2.05) is 12.1 Å². The van der Waals surface area contributed by atoms with E-state index in [9.17, 15) is 4.79 Å². The van der Waals surface area contributed by atoms with Crippen LogP contribution in [0.1, 0.15) is 15.9 Å². The average molecular weight is 288 g/mol. The highest BCUT2D eigenvalue weighted by Crippen LogP contribution is 2.23. The molecule has 0 saturated heterocycles. The summed E-state index contributed by atoms with van der Waals surface area (Å²) in [5.74, 6) is 1.02. The number of aromatic carboxylic acids is 1. The molecule has 0 aliphatic carbocycles. The normalized spacial score (nSPS) is 10.0. The van der Waals surface area contributed by atoms with Gasteiger partial charge in [0.25, 0.3) is 0 Å². The van der Waals surface area contributed by atoms with Gasteiger partial charge in [-0.3, -0.25) is 0 Å². The van der Waals surface area contributed by atoms with Crippen molar-refractivity contribution in [3.8, 4) is 17.2 Å². The van der Waals surface area contributed by atoms with Gasteiger partial charge in [-0.2, -0.15) is 0 Å². The van der Waals surface area contributed by atoms with Gasteiger partial charge in [-0.25, -0.2) is 4.79 Å². The van der Waals surface area contributed by atoms with Crippen LogP contribution in [-0.2, 0) is 6.61 Å². The van der Waals surface area contributed by atoms with E-state index < -0.39 is 5.97 Å². The van der Waals surface area contributed by atoms with Crippen LogP contribution in [-0.4, -0.2) is 25.3 Å². The Kier molecular flexibility index (Phi) is 4.66.